The van der Waals surface area contributed by atoms with Gasteiger partial charge in [-0.25, -0.2) is 5.84 Å². The molecule has 8 heteroatoms. The summed E-state index contributed by atoms with van der Waals surface area (Å²) in [6, 6.07) is 10.0. The lowest BCUT2D eigenvalue weighted by molar-refractivity contribution is 0.0948. The van der Waals surface area contributed by atoms with Crippen molar-refractivity contribution in [3.8, 4) is 11.8 Å². The van der Waals surface area contributed by atoms with Crippen LogP contribution >= 0.6 is 0 Å². The number of hydrogen-bond donors (Lipinski definition) is 3. The smallest absolute Gasteiger partial charge is 0.291 e. The highest BCUT2D eigenvalue weighted by Gasteiger charge is 2.20. The van der Waals surface area contributed by atoms with Crippen LogP contribution in [0, 0.1) is 11.3 Å². The Labute approximate surface area is 113 Å². The predicted molar refractivity (Wildman–Crippen MR) is 70.6 cm³/mol. The fraction of sp³-hybridized carbons (Fsp3) is 0. The molecule has 0 saturated carbocycles. The van der Waals surface area contributed by atoms with Crippen LogP contribution in [0.5, 0.6) is 0 Å². The molecule has 0 spiro atoms. The molecule has 5 N–H and O–H groups in total. The summed E-state index contributed by atoms with van der Waals surface area (Å²) in [6.07, 6.45) is 0. The molecule has 0 aliphatic heterocycles. The van der Waals surface area contributed by atoms with E-state index in [4.69, 9.17) is 16.8 Å². The third kappa shape index (κ3) is 2.09. The van der Waals surface area contributed by atoms with Gasteiger partial charge in [0.1, 0.15) is 11.6 Å². The number of nitrogens with two attached hydrogens (primary N) is 2. The number of hydrogen-bond acceptors (Lipinski definition) is 6. The summed E-state index contributed by atoms with van der Waals surface area (Å²) in [7, 11) is 0. The summed E-state index contributed by atoms with van der Waals surface area (Å²) in [6.45, 7) is 0. The van der Waals surface area contributed by atoms with Crippen molar-refractivity contribution in [3.05, 3.63) is 51.9 Å². The summed E-state index contributed by atoms with van der Waals surface area (Å²) < 4.78 is 0.930. The number of para-hydroxylation sites is 1. The van der Waals surface area contributed by atoms with E-state index in [1.54, 1.807) is 36.4 Å². The van der Waals surface area contributed by atoms with Crippen LogP contribution in [0.4, 0.5) is 5.69 Å². The number of amides is 1. The normalized spacial score (nSPS) is 9.80. The van der Waals surface area contributed by atoms with Crippen LogP contribution in [-0.2, 0) is 0 Å². The first-order valence-corrected chi connectivity index (χ1v) is 5.49. The largest absolute Gasteiger partial charge is 0.396 e. The minimum Gasteiger partial charge on any atom is -0.396 e. The highest BCUT2D eigenvalue weighted by atomic mass is 16.2. The van der Waals surface area contributed by atoms with Crippen molar-refractivity contribution in [1.82, 2.24) is 15.2 Å². The number of carbonyl (C=O) groups is 1. The Morgan fingerprint density at radius 3 is 2.55 bits per heavy atom. The van der Waals surface area contributed by atoms with Crippen molar-refractivity contribution in [2.75, 3.05) is 5.73 Å². The molecule has 0 fully saturated rings. The quantitative estimate of drug-likeness (QED) is 0.374. The average Bonchev–Trinajstić information content (AvgIpc) is 2.48. The van der Waals surface area contributed by atoms with Crippen molar-refractivity contribution < 1.29 is 4.79 Å². The molecule has 1 amide bonds. The maximum absolute atomic E-state index is 12.1. The maximum atomic E-state index is 12.1. The van der Waals surface area contributed by atoms with Crippen LogP contribution in [0.2, 0.25) is 0 Å². The first-order valence-electron chi connectivity index (χ1n) is 5.49. The van der Waals surface area contributed by atoms with Gasteiger partial charge in [0.05, 0.1) is 11.4 Å². The number of carbonyl (C=O) groups excluding carboxylic acids is 1. The zero-order valence-corrected chi connectivity index (χ0v) is 10.2. The van der Waals surface area contributed by atoms with Crippen molar-refractivity contribution in [2.45, 2.75) is 0 Å². The molecule has 0 radical (unpaired) electrons. The van der Waals surface area contributed by atoms with Crippen LogP contribution in [-0.4, -0.2) is 15.7 Å². The lowest BCUT2D eigenvalue weighted by atomic mass is 10.2. The molecule has 1 aromatic heterocycles. The number of hydrazine groups is 1. The lowest BCUT2D eigenvalue weighted by Gasteiger charge is -2.09. The Bertz CT molecular complexity index is 760. The number of benzene rings is 1. The van der Waals surface area contributed by atoms with Crippen LogP contribution in [0.1, 0.15) is 16.1 Å². The minimum absolute atomic E-state index is 0.285. The molecule has 0 saturated heterocycles. The Morgan fingerprint density at radius 2 is 2.00 bits per heavy atom. The van der Waals surface area contributed by atoms with Crippen molar-refractivity contribution in [2.24, 2.45) is 5.84 Å². The standard InChI is InChI=1S/C12H10N6O2/c13-6-8-9(14)10(11(19)16-15)17-18(12(8)20)7-4-2-1-3-5-7/h1-5H,14-15H2,(H,16,19). The van der Waals surface area contributed by atoms with Crippen LogP contribution in [0.15, 0.2) is 35.1 Å². The maximum Gasteiger partial charge on any atom is 0.291 e. The lowest BCUT2D eigenvalue weighted by Crippen LogP contribution is -2.35. The molecule has 0 aliphatic rings. The second-order valence-corrected chi connectivity index (χ2v) is 3.78. The zero-order chi connectivity index (χ0) is 14.7. The number of aromatic nitrogens is 2. The first kappa shape index (κ1) is 13.3. The van der Waals surface area contributed by atoms with Gasteiger partial charge in [-0.15, -0.1) is 0 Å². The molecule has 0 bridgehead atoms. The summed E-state index contributed by atoms with van der Waals surface area (Å²) in [5.41, 5.74) is 6.23. The van der Waals surface area contributed by atoms with Gasteiger partial charge in [-0.2, -0.15) is 15.0 Å². The van der Waals surface area contributed by atoms with E-state index >= 15 is 0 Å². The molecular formula is C12H10N6O2. The predicted octanol–water partition coefficient (Wildman–Crippen LogP) is -0.710. The fourth-order valence-electron chi connectivity index (χ4n) is 1.63. The molecule has 1 aromatic carbocycles. The first-order chi connectivity index (χ1) is 9.60. The van der Waals surface area contributed by atoms with Crippen LogP contribution in [0.3, 0.4) is 0 Å². The van der Waals surface area contributed by atoms with E-state index in [0.717, 1.165) is 4.68 Å². The van der Waals surface area contributed by atoms with E-state index in [0.29, 0.717) is 5.69 Å². The Hall–Kier alpha value is -3.18. The molecule has 8 nitrogen and oxygen atoms in total. The number of nitrogen functional groups attached to an aromatic ring is 2. The molecule has 2 rings (SSSR count). The van der Waals surface area contributed by atoms with Gasteiger partial charge < -0.3 is 5.73 Å². The highest BCUT2D eigenvalue weighted by molar-refractivity contribution is 5.97. The molecule has 0 atom stereocenters. The van der Waals surface area contributed by atoms with Crippen LogP contribution in [0.25, 0.3) is 5.69 Å². The minimum atomic E-state index is -0.788. The third-order valence-corrected chi connectivity index (χ3v) is 2.59. The van der Waals surface area contributed by atoms with Gasteiger partial charge in [0.15, 0.2) is 5.69 Å². The third-order valence-electron chi connectivity index (χ3n) is 2.59. The second-order valence-electron chi connectivity index (χ2n) is 3.78. The molecular weight excluding hydrogens is 260 g/mol. The highest BCUT2D eigenvalue weighted by Crippen LogP contribution is 2.12. The van der Waals surface area contributed by atoms with Gasteiger partial charge in [-0.3, -0.25) is 15.0 Å². The summed E-state index contributed by atoms with van der Waals surface area (Å²) in [4.78, 5) is 23.7. The van der Waals surface area contributed by atoms with Gasteiger partial charge in [0, 0.05) is 0 Å². The van der Waals surface area contributed by atoms with E-state index in [2.05, 4.69) is 5.10 Å². The van der Waals surface area contributed by atoms with E-state index in [9.17, 15) is 9.59 Å². The van der Waals surface area contributed by atoms with E-state index in [1.807, 2.05) is 5.43 Å². The van der Waals surface area contributed by atoms with E-state index in [1.165, 1.54) is 0 Å². The van der Waals surface area contributed by atoms with Gasteiger partial charge in [-0.05, 0) is 12.1 Å². The number of nitrogens with one attached hydrogen (secondary N) is 1. The molecule has 0 aliphatic carbocycles. The topological polar surface area (TPSA) is 140 Å². The monoisotopic (exact) mass is 270 g/mol. The van der Waals surface area contributed by atoms with E-state index < -0.39 is 11.5 Å². The van der Waals surface area contributed by atoms with Crippen molar-refractivity contribution in [1.29, 1.82) is 5.26 Å². The molecule has 20 heavy (non-hydrogen) atoms. The summed E-state index contributed by atoms with van der Waals surface area (Å²) in [5, 5.41) is 12.9. The number of rotatable bonds is 2. The molecule has 1 heterocycles. The Kier molecular flexibility index (Phi) is 3.45. The molecule has 0 unspecified atom stereocenters. The van der Waals surface area contributed by atoms with Crippen molar-refractivity contribution in [3.63, 3.8) is 0 Å². The Morgan fingerprint density at radius 1 is 1.35 bits per heavy atom. The van der Waals surface area contributed by atoms with Gasteiger partial charge in [-0.1, -0.05) is 18.2 Å². The summed E-state index contributed by atoms with van der Waals surface area (Å²) >= 11 is 0. The summed E-state index contributed by atoms with van der Waals surface area (Å²) in [5.74, 6) is 4.24. The number of anilines is 1. The van der Waals surface area contributed by atoms with E-state index in [-0.39, 0.29) is 16.9 Å². The Balaban J connectivity index is 2.81. The van der Waals surface area contributed by atoms with Gasteiger partial charge in [0.2, 0.25) is 0 Å². The molecule has 2 aromatic rings. The zero-order valence-electron chi connectivity index (χ0n) is 10.2. The fourth-order valence-corrected chi connectivity index (χ4v) is 1.63. The SMILES string of the molecule is N#Cc1c(N)c(C(=O)NN)nn(-c2ccccc2)c1=O. The number of nitriles is 1. The average molecular weight is 270 g/mol. The van der Waals surface area contributed by atoms with Crippen molar-refractivity contribution >= 4 is 11.6 Å². The van der Waals surface area contributed by atoms with Gasteiger partial charge in [0.25, 0.3) is 11.5 Å². The van der Waals surface area contributed by atoms with Crippen LogP contribution < -0.4 is 22.6 Å². The molecule has 100 valence electrons. The number of nitrogens with zero attached hydrogens (tertiary/aromatic N) is 3. The second kappa shape index (κ2) is 5.21. The van der Waals surface area contributed by atoms with Gasteiger partial charge >= 0.3 is 0 Å².